The van der Waals surface area contributed by atoms with E-state index in [1.54, 1.807) is 0 Å². The number of pyridine rings is 1. The van der Waals surface area contributed by atoms with Crippen molar-refractivity contribution < 1.29 is 0 Å². The first kappa shape index (κ1) is 11.8. The van der Waals surface area contributed by atoms with Crippen molar-refractivity contribution in [2.24, 2.45) is 0 Å². The molecule has 1 atom stereocenters. The fourth-order valence-electron chi connectivity index (χ4n) is 2.49. The summed E-state index contributed by atoms with van der Waals surface area (Å²) in [6.45, 7) is 4.36. The highest BCUT2D eigenvalue weighted by Crippen LogP contribution is 2.31. The van der Waals surface area contributed by atoms with E-state index in [9.17, 15) is 0 Å². The quantitative estimate of drug-likeness (QED) is 0.915. The van der Waals surface area contributed by atoms with Crippen LogP contribution in [0.4, 0.5) is 0 Å². The van der Waals surface area contributed by atoms with E-state index in [0.29, 0.717) is 6.04 Å². The maximum absolute atomic E-state index is 4.13. The van der Waals surface area contributed by atoms with E-state index >= 15 is 0 Å². The highest BCUT2D eigenvalue weighted by atomic mass is 32.1. The Bertz CT molecular complexity index is 463. The van der Waals surface area contributed by atoms with Gasteiger partial charge in [-0.25, -0.2) is 0 Å². The predicted molar refractivity (Wildman–Crippen MR) is 74.8 cm³/mol. The molecule has 0 bridgehead atoms. The summed E-state index contributed by atoms with van der Waals surface area (Å²) in [4.78, 5) is 8.10. The molecule has 0 unspecified atom stereocenters. The van der Waals surface area contributed by atoms with Crippen LogP contribution in [-0.4, -0.2) is 36.1 Å². The normalized spacial score (nSPS) is 18.7. The van der Waals surface area contributed by atoms with E-state index in [0.717, 1.165) is 26.2 Å². The fraction of sp³-hybridized carbons (Fsp3) is 0.357. The summed E-state index contributed by atoms with van der Waals surface area (Å²) in [6, 6.07) is 9.02. The molecule has 2 aromatic rings. The molecule has 2 aromatic heterocycles. The number of nitrogens with zero attached hydrogens (tertiary/aromatic N) is 2. The Morgan fingerprint density at radius 1 is 1.17 bits per heavy atom. The Balaban J connectivity index is 1.93. The van der Waals surface area contributed by atoms with E-state index < -0.39 is 0 Å². The first-order valence-corrected chi connectivity index (χ1v) is 7.21. The minimum Gasteiger partial charge on any atom is -0.314 e. The van der Waals surface area contributed by atoms with Crippen LogP contribution in [0.1, 0.15) is 16.5 Å². The van der Waals surface area contributed by atoms with Gasteiger partial charge in [-0.3, -0.25) is 9.88 Å². The number of thiophene rings is 1. The molecule has 0 spiro atoms. The average Bonchev–Trinajstić information content (AvgIpc) is 2.95. The topological polar surface area (TPSA) is 28.2 Å². The van der Waals surface area contributed by atoms with Crippen molar-refractivity contribution in [3.05, 3.63) is 52.5 Å². The van der Waals surface area contributed by atoms with Gasteiger partial charge in [0.25, 0.3) is 0 Å². The van der Waals surface area contributed by atoms with Crippen LogP contribution in [0.25, 0.3) is 0 Å². The third-order valence-electron chi connectivity index (χ3n) is 3.35. The molecule has 1 aliphatic rings. The molecule has 3 rings (SSSR count). The maximum Gasteiger partial charge on any atom is 0.0698 e. The third-order valence-corrected chi connectivity index (χ3v) is 4.28. The molecule has 4 heteroatoms. The van der Waals surface area contributed by atoms with Crippen LogP contribution in [0, 0.1) is 0 Å². The van der Waals surface area contributed by atoms with Gasteiger partial charge in [-0.1, -0.05) is 6.07 Å². The molecule has 0 saturated carbocycles. The van der Waals surface area contributed by atoms with Gasteiger partial charge >= 0.3 is 0 Å². The average molecular weight is 259 g/mol. The van der Waals surface area contributed by atoms with Crippen LogP contribution in [-0.2, 0) is 0 Å². The highest BCUT2D eigenvalue weighted by Gasteiger charge is 2.24. The van der Waals surface area contributed by atoms with E-state index in [2.05, 4.69) is 44.8 Å². The number of nitrogens with one attached hydrogen (secondary N) is 1. The number of piperazine rings is 1. The molecular formula is C14H17N3S. The van der Waals surface area contributed by atoms with Gasteiger partial charge in [-0.2, -0.15) is 0 Å². The zero-order valence-electron chi connectivity index (χ0n) is 10.2. The molecule has 1 fully saturated rings. The zero-order chi connectivity index (χ0) is 12.2. The molecule has 3 nitrogen and oxygen atoms in total. The second-order valence-electron chi connectivity index (χ2n) is 4.48. The van der Waals surface area contributed by atoms with Gasteiger partial charge in [0.15, 0.2) is 0 Å². The first-order chi connectivity index (χ1) is 8.95. The molecule has 3 heterocycles. The molecule has 0 radical (unpaired) electrons. The monoisotopic (exact) mass is 259 g/mol. The molecular weight excluding hydrogens is 242 g/mol. The first-order valence-electron chi connectivity index (χ1n) is 6.33. The van der Waals surface area contributed by atoms with Crippen LogP contribution < -0.4 is 5.32 Å². The fourth-order valence-corrected chi connectivity index (χ4v) is 3.37. The Hall–Kier alpha value is -1.23. The lowest BCUT2D eigenvalue weighted by molar-refractivity contribution is 0.200. The Kier molecular flexibility index (Phi) is 3.69. The molecule has 1 aliphatic heterocycles. The number of hydrogen-bond donors (Lipinski definition) is 1. The SMILES string of the molecule is c1csc([C@H](c2ccncc2)N2CCNCC2)c1. The zero-order valence-corrected chi connectivity index (χ0v) is 11.1. The molecule has 0 aromatic carbocycles. The van der Waals surface area contributed by atoms with Crippen LogP contribution in [0.2, 0.25) is 0 Å². The Morgan fingerprint density at radius 2 is 1.94 bits per heavy atom. The van der Waals surface area contributed by atoms with Gasteiger partial charge in [-0.15, -0.1) is 11.3 Å². The van der Waals surface area contributed by atoms with Crippen LogP contribution in [0.15, 0.2) is 42.0 Å². The summed E-state index contributed by atoms with van der Waals surface area (Å²) < 4.78 is 0. The molecule has 0 aliphatic carbocycles. The summed E-state index contributed by atoms with van der Waals surface area (Å²) in [5.41, 5.74) is 1.34. The lowest BCUT2D eigenvalue weighted by atomic mass is 10.0. The number of rotatable bonds is 3. The molecule has 0 amide bonds. The lowest BCUT2D eigenvalue weighted by Crippen LogP contribution is -2.45. The van der Waals surface area contributed by atoms with Gasteiger partial charge < -0.3 is 5.32 Å². The summed E-state index contributed by atoms with van der Waals surface area (Å²) >= 11 is 1.84. The van der Waals surface area contributed by atoms with Crippen molar-refractivity contribution in [1.29, 1.82) is 0 Å². The minimum atomic E-state index is 0.384. The maximum atomic E-state index is 4.13. The van der Waals surface area contributed by atoms with E-state index in [4.69, 9.17) is 0 Å². The predicted octanol–water partition coefficient (Wildman–Crippen LogP) is 2.14. The second-order valence-corrected chi connectivity index (χ2v) is 5.46. The molecule has 1 saturated heterocycles. The second kappa shape index (κ2) is 5.61. The summed E-state index contributed by atoms with van der Waals surface area (Å²) in [5, 5.41) is 5.57. The van der Waals surface area contributed by atoms with Gasteiger partial charge in [0.1, 0.15) is 0 Å². The van der Waals surface area contributed by atoms with Crippen LogP contribution in [0.3, 0.4) is 0 Å². The third kappa shape index (κ3) is 2.46. The highest BCUT2D eigenvalue weighted by molar-refractivity contribution is 7.10. The van der Waals surface area contributed by atoms with Gasteiger partial charge in [0, 0.05) is 43.4 Å². The van der Waals surface area contributed by atoms with Crippen LogP contribution >= 0.6 is 11.3 Å². The summed E-state index contributed by atoms with van der Waals surface area (Å²) in [6.07, 6.45) is 3.77. The van der Waals surface area contributed by atoms with Crippen molar-refractivity contribution >= 4 is 11.3 Å². The van der Waals surface area contributed by atoms with Crippen molar-refractivity contribution in [3.8, 4) is 0 Å². The van der Waals surface area contributed by atoms with E-state index in [1.807, 2.05) is 23.7 Å². The van der Waals surface area contributed by atoms with Crippen LogP contribution in [0.5, 0.6) is 0 Å². The van der Waals surface area contributed by atoms with Crippen molar-refractivity contribution in [2.75, 3.05) is 26.2 Å². The smallest absolute Gasteiger partial charge is 0.0698 e. The van der Waals surface area contributed by atoms with Gasteiger partial charge in [-0.05, 0) is 29.1 Å². The van der Waals surface area contributed by atoms with Crippen molar-refractivity contribution in [1.82, 2.24) is 15.2 Å². The number of aromatic nitrogens is 1. The molecule has 18 heavy (non-hydrogen) atoms. The minimum absolute atomic E-state index is 0.384. The lowest BCUT2D eigenvalue weighted by Gasteiger charge is -2.34. The standard InChI is InChI=1S/C14H17N3S/c1-2-13(18-11-1)14(12-3-5-15-6-4-12)17-9-7-16-8-10-17/h1-6,11,14,16H,7-10H2/t14-/m0/s1. The van der Waals surface area contributed by atoms with E-state index in [1.165, 1.54) is 10.4 Å². The Labute approximate surface area is 111 Å². The Morgan fingerprint density at radius 3 is 2.61 bits per heavy atom. The largest absolute Gasteiger partial charge is 0.314 e. The van der Waals surface area contributed by atoms with Crippen molar-refractivity contribution in [2.45, 2.75) is 6.04 Å². The molecule has 1 N–H and O–H groups in total. The summed E-state index contributed by atoms with van der Waals surface area (Å²) in [5.74, 6) is 0. The molecule has 94 valence electrons. The number of hydrogen-bond acceptors (Lipinski definition) is 4. The van der Waals surface area contributed by atoms with Gasteiger partial charge in [0.05, 0.1) is 6.04 Å². The van der Waals surface area contributed by atoms with Gasteiger partial charge in [0.2, 0.25) is 0 Å². The van der Waals surface area contributed by atoms with E-state index in [-0.39, 0.29) is 0 Å². The van der Waals surface area contributed by atoms with Crippen molar-refractivity contribution in [3.63, 3.8) is 0 Å². The summed E-state index contributed by atoms with van der Waals surface area (Å²) in [7, 11) is 0.